The van der Waals surface area contributed by atoms with Crippen LogP contribution in [0.4, 0.5) is 29.1 Å². The monoisotopic (exact) mass is 445 g/mol. The van der Waals surface area contributed by atoms with Crippen molar-refractivity contribution in [2.24, 2.45) is 5.41 Å². The molecule has 32 heavy (non-hydrogen) atoms. The van der Waals surface area contributed by atoms with Gasteiger partial charge in [-0.2, -0.15) is 13.2 Å². The van der Waals surface area contributed by atoms with Gasteiger partial charge in [0.1, 0.15) is 11.6 Å². The lowest BCUT2D eigenvalue weighted by atomic mass is 9.77. The van der Waals surface area contributed by atoms with E-state index in [1.807, 2.05) is 13.0 Å². The zero-order valence-electron chi connectivity index (χ0n) is 17.1. The molecule has 2 aliphatic heterocycles. The van der Waals surface area contributed by atoms with Crippen molar-refractivity contribution in [1.29, 1.82) is 0 Å². The third-order valence-electron chi connectivity index (χ3n) is 6.04. The van der Waals surface area contributed by atoms with Crippen LogP contribution in [-0.4, -0.2) is 42.1 Å². The first kappa shape index (κ1) is 20.7. The number of pyridine rings is 1. The Bertz CT molecular complexity index is 1230. The Morgan fingerprint density at radius 1 is 1.19 bits per heavy atom. The third kappa shape index (κ3) is 3.37. The molecule has 2 saturated heterocycles. The van der Waals surface area contributed by atoms with Gasteiger partial charge >= 0.3 is 6.18 Å². The fourth-order valence-electron chi connectivity index (χ4n) is 4.36. The molecular weight excluding hydrogens is 426 g/mol. The summed E-state index contributed by atoms with van der Waals surface area (Å²) in [5.41, 5.74) is 0.0421. The summed E-state index contributed by atoms with van der Waals surface area (Å²) in [5.74, 6) is -1.20. The quantitative estimate of drug-likeness (QED) is 0.582. The summed E-state index contributed by atoms with van der Waals surface area (Å²) in [6, 6.07) is 8.08. The van der Waals surface area contributed by atoms with Gasteiger partial charge in [-0.3, -0.25) is 4.79 Å². The van der Waals surface area contributed by atoms with E-state index in [9.17, 15) is 22.4 Å². The first-order chi connectivity index (χ1) is 15.2. The second kappa shape index (κ2) is 7.16. The SMILES string of the molecule is Cc1cccc2c(Nc3ccc(F)c(C(F)(F)F)c3)ncc(C(=O)N3CC4(COC4)C3)c12. The number of amides is 1. The van der Waals surface area contributed by atoms with E-state index in [0.717, 1.165) is 11.6 Å². The average Bonchev–Trinajstić information content (AvgIpc) is 2.67. The Morgan fingerprint density at radius 3 is 2.59 bits per heavy atom. The van der Waals surface area contributed by atoms with Crippen molar-refractivity contribution < 1.29 is 27.1 Å². The van der Waals surface area contributed by atoms with E-state index in [2.05, 4.69) is 10.3 Å². The maximum Gasteiger partial charge on any atom is 0.419 e. The van der Waals surface area contributed by atoms with Crippen molar-refractivity contribution in [3.63, 3.8) is 0 Å². The summed E-state index contributed by atoms with van der Waals surface area (Å²) in [5, 5.41) is 4.12. The fraction of sp³-hybridized carbons (Fsp3) is 0.304. The number of likely N-dealkylation sites (tertiary alicyclic amines) is 1. The maximum atomic E-state index is 13.6. The molecule has 166 valence electrons. The number of alkyl halides is 3. The minimum atomic E-state index is -4.82. The van der Waals surface area contributed by atoms with Crippen LogP contribution >= 0.6 is 0 Å². The van der Waals surface area contributed by atoms with Crippen molar-refractivity contribution in [1.82, 2.24) is 9.88 Å². The summed E-state index contributed by atoms with van der Waals surface area (Å²) in [6.45, 7) is 4.45. The zero-order chi connectivity index (χ0) is 22.7. The Morgan fingerprint density at radius 2 is 1.94 bits per heavy atom. The molecule has 0 radical (unpaired) electrons. The Kier molecular flexibility index (Phi) is 4.63. The minimum Gasteiger partial charge on any atom is -0.380 e. The van der Waals surface area contributed by atoms with Crippen LogP contribution in [0.25, 0.3) is 10.8 Å². The maximum absolute atomic E-state index is 13.6. The van der Waals surface area contributed by atoms with Gasteiger partial charge < -0.3 is 15.0 Å². The van der Waals surface area contributed by atoms with Crippen LogP contribution in [0.1, 0.15) is 21.5 Å². The van der Waals surface area contributed by atoms with E-state index in [1.165, 1.54) is 12.3 Å². The number of anilines is 2. The van der Waals surface area contributed by atoms with Gasteiger partial charge in [-0.1, -0.05) is 18.2 Å². The molecule has 1 aromatic heterocycles. The number of nitrogens with one attached hydrogen (secondary N) is 1. The van der Waals surface area contributed by atoms with Crippen LogP contribution in [0, 0.1) is 18.2 Å². The molecular formula is C23H19F4N3O2. The van der Waals surface area contributed by atoms with Crippen LogP contribution < -0.4 is 5.32 Å². The standard InChI is InChI=1S/C23H19F4N3O2/c1-13-3-2-4-15-19(13)16(21(31)30-9-22(10-30)11-32-12-22)8-28-20(15)29-14-5-6-18(24)17(7-14)23(25,26)27/h2-8H,9-12H2,1H3,(H,28,29). The summed E-state index contributed by atoms with van der Waals surface area (Å²) < 4.78 is 58.1. The smallest absolute Gasteiger partial charge is 0.380 e. The highest BCUT2D eigenvalue weighted by molar-refractivity contribution is 6.11. The molecule has 1 N–H and O–H groups in total. The number of ether oxygens (including phenoxy) is 1. The van der Waals surface area contributed by atoms with E-state index in [-0.39, 0.29) is 22.8 Å². The number of hydrogen-bond donors (Lipinski definition) is 1. The fourth-order valence-corrected chi connectivity index (χ4v) is 4.36. The Hall–Kier alpha value is -3.20. The number of hydrogen-bond acceptors (Lipinski definition) is 4. The van der Waals surface area contributed by atoms with Crippen molar-refractivity contribution in [2.45, 2.75) is 13.1 Å². The molecule has 1 amide bonds. The van der Waals surface area contributed by atoms with E-state index in [1.54, 1.807) is 17.0 Å². The van der Waals surface area contributed by atoms with Crippen LogP contribution in [0.15, 0.2) is 42.6 Å². The molecule has 5 rings (SSSR count). The third-order valence-corrected chi connectivity index (χ3v) is 6.04. The molecule has 0 saturated carbocycles. The van der Waals surface area contributed by atoms with Crippen molar-refractivity contribution in [2.75, 3.05) is 31.6 Å². The van der Waals surface area contributed by atoms with E-state index < -0.39 is 17.6 Å². The van der Waals surface area contributed by atoms with Gasteiger partial charge in [0.2, 0.25) is 0 Å². The Balaban J connectivity index is 1.50. The molecule has 9 heteroatoms. The topological polar surface area (TPSA) is 54.5 Å². The first-order valence-corrected chi connectivity index (χ1v) is 10.1. The molecule has 0 atom stereocenters. The molecule has 2 aromatic carbocycles. The number of rotatable bonds is 3. The molecule has 5 nitrogen and oxygen atoms in total. The van der Waals surface area contributed by atoms with Crippen molar-refractivity contribution in [3.8, 4) is 0 Å². The summed E-state index contributed by atoms with van der Waals surface area (Å²) in [4.78, 5) is 19.2. The summed E-state index contributed by atoms with van der Waals surface area (Å²) in [6.07, 6.45) is -3.37. The number of carbonyl (C=O) groups is 1. The Labute approximate surface area is 181 Å². The molecule has 2 fully saturated rings. The zero-order valence-corrected chi connectivity index (χ0v) is 17.1. The van der Waals surface area contributed by atoms with Gasteiger partial charge in [-0.25, -0.2) is 9.37 Å². The van der Waals surface area contributed by atoms with E-state index in [4.69, 9.17) is 4.74 Å². The lowest BCUT2D eigenvalue weighted by Gasteiger charge is -2.54. The molecule has 0 bridgehead atoms. The van der Waals surface area contributed by atoms with Gasteiger partial charge in [0.05, 0.1) is 29.8 Å². The van der Waals surface area contributed by atoms with Crippen LogP contribution in [0.5, 0.6) is 0 Å². The number of nitrogens with zero attached hydrogens (tertiary/aromatic N) is 2. The molecule has 1 spiro atoms. The highest BCUT2D eigenvalue weighted by Crippen LogP contribution is 2.40. The predicted molar refractivity (Wildman–Crippen MR) is 110 cm³/mol. The van der Waals surface area contributed by atoms with Crippen LogP contribution in [0.2, 0.25) is 0 Å². The lowest BCUT2D eigenvalue weighted by molar-refractivity contribution is -0.176. The molecule has 0 aliphatic carbocycles. The number of fused-ring (bicyclic) bond motifs is 1. The van der Waals surface area contributed by atoms with Gasteiger partial charge in [-0.15, -0.1) is 0 Å². The van der Waals surface area contributed by atoms with Gasteiger partial charge in [0.25, 0.3) is 5.91 Å². The van der Waals surface area contributed by atoms with E-state index >= 15 is 0 Å². The van der Waals surface area contributed by atoms with E-state index in [0.29, 0.717) is 48.7 Å². The molecule has 3 aromatic rings. The average molecular weight is 445 g/mol. The number of aryl methyl sites for hydroxylation is 1. The largest absolute Gasteiger partial charge is 0.419 e. The number of benzene rings is 2. The van der Waals surface area contributed by atoms with Crippen LogP contribution in [-0.2, 0) is 10.9 Å². The second-order valence-corrected chi connectivity index (χ2v) is 8.49. The van der Waals surface area contributed by atoms with Crippen molar-refractivity contribution in [3.05, 3.63) is 65.1 Å². The highest BCUT2D eigenvalue weighted by atomic mass is 19.4. The highest BCUT2D eigenvalue weighted by Gasteiger charge is 2.51. The lowest BCUT2D eigenvalue weighted by Crippen LogP contribution is -2.67. The number of aromatic nitrogens is 1. The predicted octanol–water partition coefficient (Wildman–Crippen LogP) is 4.92. The number of halogens is 4. The summed E-state index contributed by atoms with van der Waals surface area (Å²) in [7, 11) is 0. The van der Waals surface area contributed by atoms with Crippen molar-refractivity contribution >= 4 is 28.2 Å². The number of carbonyl (C=O) groups excluding carboxylic acids is 1. The van der Waals surface area contributed by atoms with Gasteiger partial charge in [0.15, 0.2) is 0 Å². The van der Waals surface area contributed by atoms with Crippen LogP contribution in [0.3, 0.4) is 0 Å². The van der Waals surface area contributed by atoms with Gasteiger partial charge in [-0.05, 0) is 30.7 Å². The molecule has 3 heterocycles. The second-order valence-electron chi connectivity index (χ2n) is 8.49. The molecule has 0 unspecified atom stereocenters. The summed E-state index contributed by atoms with van der Waals surface area (Å²) >= 11 is 0. The molecule has 2 aliphatic rings. The van der Waals surface area contributed by atoms with Gasteiger partial charge in [0, 0.05) is 35.7 Å². The first-order valence-electron chi connectivity index (χ1n) is 10.1. The normalized spacial score (nSPS) is 17.2. The minimum absolute atomic E-state index is 0.0442.